The first kappa shape index (κ1) is 35.1. The van der Waals surface area contributed by atoms with Crippen LogP contribution in [0.15, 0.2) is 103 Å². The molecule has 270 valence electrons. The molecule has 0 bridgehead atoms. The number of carbonyl (C=O) groups is 3. The number of aromatic hydroxyl groups is 2. The minimum Gasteiger partial charge on any atom is -0.507 e. The van der Waals surface area contributed by atoms with Gasteiger partial charge in [0.05, 0.1) is 13.0 Å². The maximum absolute atomic E-state index is 13.4. The van der Waals surface area contributed by atoms with Crippen molar-refractivity contribution in [2.45, 2.75) is 44.2 Å². The van der Waals surface area contributed by atoms with E-state index in [0.29, 0.717) is 39.1 Å². The van der Waals surface area contributed by atoms with Crippen LogP contribution in [0.5, 0.6) is 34.5 Å². The van der Waals surface area contributed by atoms with E-state index in [2.05, 4.69) is 0 Å². The number of methoxy groups -OCH3 is 1. The molecule has 0 aromatic heterocycles. The highest BCUT2D eigenvalue weighted by Crippen LogP contribution is 2.45. The van der Waals surface area contributed by atoms with Gasteiger partial charge in [0, 0.05) is 16.7 Å². The largest absolute Gasteiger partial charge is 0.507 e. The summed E-state index contributed by atoms with van der Waals surface area (Å²) < 4.78 is 30.0. The van der Waals surface area contributed by atoms with Crippen molar-refractivity contribution < 1.29 is 53.4 Å². The van der Waals surface area contributed by atoms with Crippen LogP contribution in [0.2, 0.25) is 0 Å². The zero-order valence-corrected chi connectivity index (χ0v) is 29.0. The average molecular weight is 717 g/mol. The molecule has 3 unspecified atom stereocenters. The highest BCUT2D eigenvalue weighted by atomic mass is 16.6. The van der Waals surface area contributed by atoms with Crippen molar-refractivity contribution in [1.82, 2.24) is 0 Å². The predicted octanol–water partition coefficient (Wildman–Crippen LogP) is 6.55. The Morgan fingerprint density at radius 2 is 1.47 bits per heavy atom. The van der Waals surface area contributed by atoms with Crippen LogP contribution >= 0.6 is 0 Å². The van der Waals surface area contributed by atoms with Crippen molar-refractivity contribution in [2.75, 3.05) is 13.7 Å². The summed E-state index contributed by atoms with van der Waals surface area (Å²) >= 11 is 0. The number of rotatable bonds is 9. The van der Waals surface area contributed by atoms with Gasteiger partial charge >= 0.3 is 5.97 Å². The lowest BCUT2D eigenvalue weighted by Gasteiger charge is -2.35. The summed E-state index contributed by atoms with van der Waals surface area (Å²) in [6, 6.07) is 28.3. The Labute approximate surface area is 304 Å². The van der Waals surface area contributed by atoms with E-state index in [1.165, 1.54) is 19.2 Å². The Hall–Kier alpha value is -6.33. The second kappa shape index (κ2) is 14.4. The molecular formula is C42H36O11. The topological polar surface area (TPSA) is 158 Å². The lowest BCUT2D eigenvalue weighted by atomic mass is 9.92. The van der Waals surface area contributed by atoms with E-state index in [4.69, 9.17) is 23.7 Å². The molecule has 0 saturated heterocycles. The molecular weight excluding hydrogens is 680 g/mol. The molecule has 7 rings (SSSR count). The fourth-order valence-electron chi connectivity index (χ4n) is 6.55. The normalized spacial score (nSPS) is 19.4. The van der Waals surface area contributed by atoms with Crippen LogP contribution in [0.3, 0.4) is 0 Å². The second-order valence-corrected chi connectivity index (χ2v) is 13.0. The maximum Gasteiger partial charge on any atom is 0.313 e. The first-order valence-corrected chi connectivity index (χ1v) is 17.0. The number of phenolic OH excluding ortho intramolecular Hbond substituents is 2. The number of fused-ring (bicyclic) bond motifs is 2. The fraction of sp³-hybridized carbons (Fsp3) is 0.214. The predicted molar refractivity (Wildman–Crippen MR) is 191 cm³/mol. The van der Waals surface area contributed by atoms with Crippen LogP contribution in [-0.2, 0) is 9.53 Å². The van der Waals surface area contributed by atoms with Crippen molar-refractivity contribution in [3.05, 3.63) is 142 Å². The molecule has 0 saturated carbocycles. The van der Waals surface area contributed by atoms with Gasteiger partial charge in [-0.3, -0.25) is 14.4 Å². The molecule has 0 amide bonds. The Morgan fingerprint density at radius 3 is 2.25 bits per heavy atom. The van der Waals surface area contributed by atoms with Gasteiger partial charge in [-0.2, -0.15) is 0 Å². The van der Waals surface area contributed by atoms with Gasteiger partial charge in [-0.15, -0.1) is 0 Å². The minimum absolute atomic E-state index is 0.0849. The van der Waals surface area contributed by atoms with Crippen molar-refractivity contribution in [1.29, 1.82) is 0 Å². The fourth-order valence-corrected chi connectivity index (χ4v) is 6.55. The van der Waals surface area contributed by atoms with E-state index in [0.717, 1.165) is 0 Å². The Balaban J connectivity index is 1.13. The zero-order valence-electron chi connectivity index (χ0n) is 29.0. The first-order chi connectivity index (χ1) is 25.5. The third-order valence-corrected chi connectivity index (χ3v) is 9.41. The smallest absolute Gasteiger partial charge is 0.313 e. The third kappa shape index (κ3) is 6.86. The second-order valence-electron chi connectivity index (χ2n) is 13.0. The number of aryl methyl sites for hydroxylation is 1. The molecule has 3 N–H and O–H groups in total. The van der Waals surface area contributed by atoms with Crippen molar-refractivity contribution in [3.63, 3.8) is 0 Å². The summed E-state index contributed by atoms with van der Waals surface area (Å²) in [6.07, 6.45) is -4.46. The first-order valence-electron chi connectivity index (χ1n) is 17.0. The van der Waals surface area contributed by atoms with E-state index < -0.39 is 42.1 Å². The van der Waals surface area contributed by atoms with E-state index in [1.807, 2.05) is 6.07 Å². The SMILES string of the molecule is COc1cc(C2Oc3cc([C@@H]4Oc5cc(C)cc(O)c5C(=O)C4O)ccc3O[C@H]2COC(=O)C(C)c2cccc(C(=O)c3ccccc3)c2)ccc1O. The number of ether oxygens (including phenoxy) is 5. The molecule has 53 heavy (non-hydrogen) atoms. The van der Waals surface area contributed by atoms with Gasteiger partial charge in [-0.1, -0.05) is 60.7 Å². The van der Waals surface area contributed by atoms with Crippen LogP contribution in [0.4, 0.5) is 0 Å². The van der Waals surface area contributed by atoms with E-state index >= 15 is 0 Å². The quantitative estimate of drug-likeness (QED) is 0.112. The van der Waals surface area contributed by atoms with E-state index in [1.54, 1.807) is 98.8 Å². The number of ketones is 2. The average Bonchev–Trinajstić information content (AvgIpc) is 3.17. The minimum atomic E-state index is -1.61. The van der Waals surface area contributed by atoms with Crippen molar-refractivity contribution >= 4 is 17.5 Å². The third-order valence-electron chi connectivity index (χ3n) is 9.41. The van der Waals surface area contributed by atoms with Crippen LogP contribution in [0.1, 0.15) is 73.6 Å². The number of carbonyl (C=O) groups excluding carboxylic acids is 3. The molecule has 5 aromatic carbocycles. The lowest BCUT2D eigenvalue weighted by Crippen LogP contribution is -2.38. The number of phenols is 2. The van der Waals surface area contributed by atoms with Gasteiger partial charge in [-0.05, 0) is 73.0 Å². The molecule has 5 aromatic rings. The molecule has 11 nitrogen and oxygen atoms in total. The van der Waals surface area contributed by atoms with Crippen molar-refractivity contribution in [2.24, 2.45) is 0 Å². The van der Waals surface area contributed by atoms with E-state index in [-0.39, 0.29) is 46.7 Å². The number of hydrogen-bond acceptors (Lipinski definition) is 11. The highest BCUT2D eigenvalue weighted by Gasteiger charge is 2.41. The maximum atomic E-state index is 13.4. The molecule has 11 heteroatoms. The van der Waals surface area contributed by atoms with Gasteiger partial charge in [0.25, 0.3) is 0 Å². The van der Waals surface area contributed by atoms with Crippen LogP contribution in [0, 0.1) is 6.92 Å². The molecule has 0 radical (unpaired) electrons. The monoisotopic (exact) mass is 716 g/mol. The molecule has 2 aliphatic rings. The highest BCUT2D eigenvalue weighted by molar-refractivity contribution is 6.09. The number of Topliss-reactive ketones (excluding diaryl/α,β-unsaturated/α-hetero) is 1. The summed E-state index contributed by atoms with van der Waals surface area (Å²) in [5.41, 5.74) is 3.13. The Kier molecular flexibility index (Phi) is 9.51. The van der Waals surface area contributed by atoms with Gasteiger partial charge in [0.15, 0.2) is 53.2 Å². The standard InChI is InChI=1S/C42H36O11/c1-22-16-30(44)36-34(17-22)53-41(39(47)38(36)46)28-13-15-31-33(20-28)52-40(27-12-14-29(43)32(19-27)49-3)35(51-31)21-50-42(48)23(2)25-10-7-11-26(18-25)37(45)24-8-5-4-6-9-24/h4-20,23,35,39-41,43-44,47H,21H2,1-3H3/t23?,35-,39?,40?,41-/m0/s1. The van der Waals surface area contributed by atoms with Crippen LogP contribution in [0.25, 0.3) is 0 Å². The lowest BCUT2D eigenvalue weighted by molar-refractivity contribution is -0.150. The molecule has 2 aliphatic heterocycles. The number of esters is 1. The number of benzene rings is 5. The Bertz CT molecular complexity index is 2210. The van der Waals surface area contributed by atoms with E-state index in [9.17, 15) is 29.7 Å². The number of hydrogen-bond donors (Lipinski definition) is 3. The van der Waals surface area contributed by atoms with Gasteiger partial charge < -0.3 is 39.0 Å². The van der Waals surface area contributed by atoms with Crippen LogP contribution < -0.4 is 18.9 Å². The van der Waals surface area contributed by atoms with Gasteiger partial charge in [0.1, 0.15) is 23.7 Å². The van der Waals surface area contributed by atoms with Crippen molar-refractivity contribution in [3.8, 4) is 34.5 Å². The molecule has 0 fully saturated rings. The summed E-state index contributed by atoms with van der Waals surface area (Å²) in [6.45, 7) is 3.22. The summed E-state index contributed by atoms with van der Waals surface area (Å²) in [4.78, 5) is 39.6. The molecule has 0 spiro atoms. The van der Waals surface area contributed by atoms with Gasteiger partial charge in [0.2, 0.25) is 5.78 Å². The Morgan fingerprint density at radius 1 is 0.755 bits per heavy atom. The molecule has 2 heterocycles. The molecule has 0 aliphatic carbocycles. The summed E-state index contributed by atoms with van der Waals surface area (Å²) in [5, 5.41) is 31.6. The molecule has 5 atom stereocenters. The zero-order chi connectivity index (χ0) is 37.4. The summed E-state index contributed by atoms with van der Waals surface area (Å²) in [7, 11) is 1.41. The summed E-state index contributed by atoms with van der Waals surface area (Å²) in [5.74, 6) is -1.56. The number of aliphatic hydroxyl groups excluding tert-OH is 1. The van der Waals surface area contributed by atoms with Crippen LogP contribution in [-0.4, -0.2) is 58.8 Å². The number of aliphatic hydroxyl groups is 1. The van der Waals surface area contributed by atoms with Gasteiger partial charge in [-0.25, -0.2) is 0 Å².